The Bertz CT molecular complexity index is 989. The summed E-state index contributed by atoms with van der Waals surface area (Å²) in [5, 5.41) is 18.6. The molecular weight excluding hydrogens is 348 g/mol. The van der Waals surface area contributed by atoms with Crippen LogP contribution in [0, 0.1) is 11.3 Å². The van der Waals surface area contributed by atoms with Crippen molar-refractivity contribution < 1.29 is 0 Å². The lowest BCUT2D eigenvalue weighted by molar-refractivity contribution is 0.529. The van der Waals surface area contributed by atoms with Gasteiger partial charge in [0.25, 0.3) is 0 Å². The van der Waals surface area contributed by atoms with Crippen LogP contribution in [0.1, 0.15) is 18.4 Å². The van der Waals surface area contributed by atoms with Crippen LogP contribution in [0.3, 0.4) is 0 Å². The van der Waals surface area contributed by atoms with E-state index < -0.39 is 0 Å². The summed E-state index contributed by atoms with van der Waals surface area (Å²) in [5.74, 6) is 0.731. The first-order valence-corrected chi connectivity index (χ1v) is 9.01. The largest absolute Gasteiger partial charge is 0.367 e. The number of benzene rings is 1. The Balaban J connectivity index is 1.57. The molecule has 1 fully saturated rings. The van der Waals surface area contributed by atoms with Gasteiger partial charge in [-0.25, -0.2) is 4.98 Å². The third-order valence-electron chi connectivity index (χ3n) is 4.72. The van der Waals surface area contributed by atoms with Crippen molar-refractivity contribution in [2.45, 2.75) is 18.9 Å². The second-order valence-corrected chi connectivity index (χ2v) is 7.07. The number of nitrogens with one attached hydrogen (secondary N) is 1. The quantitative estimate of drug-likeness (QED) is 0.767. The molecule has 1 unspecified atom stereocenters. The Kier molecular flexibility index (Phi) is 4.39. The van der Waals surface area contributed by atoms with Gasteiger partial charge < -0.3 is 10.2 Å². The van der Waals surface area contributed by atoms with Gasteiger partial charge in [0, 0.05) is 42.8 Å². The number of nitrogens with zero attached hydrogens (tertiary/aromatic N) is 5. The summed E-state index contributed by atoms with van der Waals surface area (Å²) in [5.41, 5.74) is 2.49. The maximum Gasteiger partial charge on any atom is 0.128 e. The van der Waals surface area contributed by atoms with E-state index in [9.17, 15) is 5.26 Å². The Morgan fingerprint density at radius 1 is 1.35 bits per heavy atom. The first-order chi connectivity index (χ1) is 12.6. The van der Waals surface area contributed by atoms with E-state index in [1.807, 2.05) is 36.3 Å². The molecule has 0 radical (unpaired) electrons. The second kappa shape index (κ2) is 6.85. The van der Waals surface area contributed by atoms with Gasteiger partial charge in [0.1, 0.15) is 5.82 Å². The lowest BCUT2D eigenvalue weighted by atomic mass is 10.0. The molecule has 0 aliphatic carbocycles. The normalized spacial score (nSPS) is 17.3. The SMILES string of the molecule is Cn1cc(N2CCCC(Nc3cc(C#N)c4cc(Cl)ccc4n3)C2)cn1. The predicted molar refractivity (Wildman–Crippen MR) is 104 cm³/mol. The lowest BCUT2D eigenvalue weighted by Gasteiger charge is -2.34. The highest BCUT2D eigenvalue weighted by atomic mass is 35.5. The summed E-state index contributed by atoms with van der Waals surface area (Å²) < 4.78 is 1.82. The van der Waals surface area contributed by atoms with Crippen LogP contribution in [0.5, 0.6) is 0 Å². The third kappa shape index (κ3) is 3.31. The topological polar surface area (TPSA) is 69.8 Å². The molecule has 1 saturated heterocycles. The summed E-state index contributed by atoms with van der Waals surface area (Å²) in [6.45, 7) is 1.91. The molecule has 0 saturated carbocycles. The monoisotopic (exact) mass is 366 g/mol. The summed E-state index contributed by atoms with van der Waals surface area (Å²) >= 11 is 6.05. The van der Waals surface area contributed by atoms with E-state index in [1.165, 1.54) is 0 Å². The molecule has 1 aromatic carbocycles. The van der Waals surface area contributed by atoms with Crippen LogP contribution in [0.2, 0.25) is 5.02 Å². The fourth-order valence-corrected chi connectivity index (χ4v) is 3.65. The van der Waals surface area contributed by atoms with Crippen LogP contribution in [0.4, 0.5) is 11.5 Å². The molecule has 0 bridgehead atoms. The molecule has 3 aromatic rings. The van der Waals surface area contributed by atoms with Gasteiger partial charge in [-0.05, 0) is 37.1 Å². The van der Waals surface area contributed by atoms with Crippen molar-refractivity contribution in [1.82, 2.24) is 14.8 Å². The number of aromatic nitrogens is 3. The van der Waals surface area contributed by atoms with Gasteiger partial charge in [-0.2, -0.15) is 10.4 Å². The van der Waals surface area contributed by atoms with Crippen LogP contribution in [-0.4, -0.2) is 33.9 Å². The zero-order chi connectivity index (χ0) is 18.1. The van der Waals surface area contributed by atoms with Crippen molar-refractivity contribution in [2.24, 2.45) is 7.05 Å². The number of pyridine rings is 1. The zero-order valence-electron chi connectivity index (χ0n) is 14.5. The van der Waals surface area contributed by atoms with E-state index in [4.69, 9.17) is 11.6 Å². The zero-order valence-corrected chi connectivity index (χ0v) is 15.2. The lowest BCUT2D eigenvalue weighted by Crippen LogP contribution is -2.42. The molecule has 26 heavy (non-hydrogen) atoms. The van der Waals surface area contributed by atoms with Gasteiger partial charge in [0.05, 0.1) is 29.0 Å². The number of nitriles is 1. The number of fused-ring (bicyclic) bond motifs is 1. The Morgan fingerprint density at radius 2 is 2.23 bits per heavy atom. The first-order valence-electron chi connectivity index (χ1n) is 8.63. The molecule has 2 aromatic heterocycles. The van der Waals surface area contributed by atoms with Crippen molar-refractivity contribution in [1.29, 1.82) is 5.26 Å². The number of rotatable bonds is 3. The molecule has 0 spiro atoms. The number of hydrogen-bond donors (Lipinski definition) is 1. The number of piperidine rings is 1. The minimum atomic E-state index is 0.271. The van der Waals surface area contributed by atoms with Gasteiger partial charge >= 0.3 is 0 Å². The molecule has 0 amide bonds. The molecule has 1 N–H and O–H groups in total. The summed E-state index contributed by atoms with van der Waals surface area (Å²) in [7, 11) is 1.93. The van der Waals surface area contributed by atoms with Crippen molar-refractivity contribution in [3.8, 4) is 6.07 Å². The molecule has 1 atom stereocenters. The third-order valence-corrected chi connectivity index (χ3v) is 4.96. The highest BCUT2D eigenvalue weighted by Gasteiger charge is 2.21. The van der Waals surface area contributed by atoms with Crippen LogP contribution >= 0.6 is 11.6 Å². The number of aryl methyl sites for hydroxylation is 1. The number of halogens is 1. The molecule has 6 nitrogen and oxygen atoms in total. The van der Waals surface area contributed by atoms with E-state index in [0.717, 1.165) is 48.3 Å². The fourth-order valence-electron chi connectivity index (χ4n) is 3.47. The van der Waals surface area contributed by atoms with Crippen molar-refractivity contribution in [3.63, 3.8) is 0 Å². The summed E-state index contributed by atoms with van der Waals surface area (Å²) in [6.07, 6.45) is 6.10. The summed E-state index contributed by atoms with van der Waals surface area (Å²) in [6, 6.07) is 9.77. The standard InChI is InChI=1S/C19H19ClN6/c1-25-12-16(10-22-25)26-6-2-3-15(11-26)23-19-7-13(9-21)17-8-14(20)4-5-18(17)24-19/h4-5,7-8,10,12,15H,2-3,6,11H2,1H3,(H,23,24). The van der Waals surface area contributed by atoms with Gasteiger partial charge in [0.2, 0.25) is 0 Å². The highest BCUT2D eigenvalue weighted by Crippen LogP contribution is 2.26. The fraction of sp³-hybridized carbons (Fsp3) is 0.316. The molecule has 1 aliphatic heterocycles. The smallest absolute Gasteiger partial charge is 0.128 e. The molecule has 1 aliphatic rings. The molecule has 132 valence electrons. The van der Waals surface area contributed by atoms with Crippen LogP contribution < -0.4 is 10.2 Å². The molecule has 3 heterocycles. The Labute approximate surface area is 157 Å². The average Bonchev–Trinajstić information content (AvgIpc) is 3.08. The van der Waals surface area contributed by atoms with Crippen LogP contribution in [0.25, 0.3) is 10.9 Å². The van der Waals surface area contributed by atoms with E-state index in [1.54, 1.807) is 12.1 Å². The highest BCUT2D eigenvalue weighted by molar-refractivity contribution is 6.31. The Morgan fingerprint density at radius 3 is 3.00 bits per heavy atom. The van der Waals surface area contributed by atoms with Gasteiger partial charge in [0.15, 0.2) is 0 Å². The van der Waals surface area contributed by atoms with Crippen LogP contribution in [0.15, 0.2) is 36.7 Å². The maximum atomic E-state index is 9.48. The first kappa shape index (κ1) is 16.7. The van der Waals surface area contributed by atoms with Crippen molar-refractivity contribution in [2.75, 3.05) is 23.3 Å². The van der Waals surface area contributed by atoms with E-state index in [0.29, 0.717) is 10.6 Å². The van der Waals surface area contributed by atoms with Gasteiger partial charge in [-0.15, -0.1) is 0 Å². The average molecular weight is 367 g/mol. The van der Waals surface area contributed by atoms with E-state index in [2.05, 4.69) is 26.4 Å². The van der Waals surface area contributed by atoms with E-state index >= 15 is 0 Å². The minimum absolute atomic E-state index is 0.271. The van der Waals surface area contributed by atoms with Crippen LogP contribution in [-0.2, 0) is 7.05 Å². The second-order valence-electron chi connectivity index (χ2n) is 6.63. The van der Waals surface area contributed by atoms with Gasteiger partial charge in [-0.1, -0.05) is 11.6 Å². The van der Waals surface area contributed by atoms with Gasteiger partial charge in [-0.3, -0.25) is 4.68 Å². The minimum Gasteiger partial charge on any atom is -0.367 e. The summed E-state index contributed by atoms with van der Waals surface area (Å²) in [4.78, 5) is 7.00. The Hall–Kier alpha value is -2.78. The van der Waals surface area contributed by atoms with Crippen molar-refractivity contribution >= 4 is 34.0 Å². The van der Waals surface area contributed by atoms with E-state index in [-0.39, 0.29) is 6.04 Å². The number of hydrogen-bond acceptors (Lipinski definition) is 5. The van der Waals surface area contributed by atoms with Crippen molar-refractivity contribution in [3.05, 3.63) is 47.2 Å². The number of anilines is 2. The predicted octanol–water partition coefficient (Wildman–Crippen LogP) is 3.57. The molecule has 4 rings (SSSR count). The maximum absolute atomic E-state index is 9.48. The molecule has 7 heteroatoms. The molecular formula is C19H19ClN6.